The number of aliphatic hydroxyl groups excluding tert-OH is 6. The number of hydrogen-bond acceptors (Lipinski definition) is 15. The molecule has 0 saturated heterocycles. The van der Waals surface area contributed by atoms with Gasteiger partial charge in [-0.15, -0.1) is 0 Å². The van der Waals surface area contributed by atoms with Crippen LogP contribution in [0.15, 0.2) is 127 Å². The number of amides is 3. The minimum Gasteiger partial charge on any atom is -0.493 e. The van der Waals surface area contributed by atoms with Gasteiger partial charge in [0.2, 0.25) is 0 Å². The van der Waals surface area contributed by atoms with Gasteiger partial charge in [0.15, 0.2) is 0 Å². The van der Waals surface area contributed by atoms with Crippen molar-refractivity contribution in [3.63, 3.8) is 0 Å². The van der Waals surface area contributed by atoms with E-state index in [1.807, 2.05) is 139 Å². The van der Waals surface area contributed by atoms with Crippen molar-refractivity contribution in [3.8, 4) is 17.2 Å². The molecule has 0 unspecified atom stereocenters. The van der Waals surface area contributed by atoms with Gasteiger partial charge in [-0.25, -0.2) is 14.4 Å². The molecule has 6 aliphatic rings. The number of rotatable bonds is 23. The van der Waals surface area contributed by atoms with E-state index in [1.54, 1.807) is 9.80 Å². The Morgan fingerprint density at radius 3 is 1.02 bits per heavy atom. The Bertz CT molecular complexity index is 4300. The largest absolute Gasteiger partial charge is 0.493 e. The van der Waals surface area contributed by atoms with Crippen molar-refractivity contribution in [2.75, 3.05) is 85.7 Å². The zero-order chi connectivity index (χ0) is 75.4. The highest BCUT2D eigenvalue weighted by atomic mass is 35.5. The van der Waals surface area contributed by atoms with Crippen LogP contribution < -0.4 is 14.2 Å². The molecule has 9 N–H and O–H groups in total. The monoisotopic (exact) mass is 1540 g/mol. The Labute approximate surface area is 644 Å². The third kappa shape index (κ3) is 18.1. The van der Waals surface area contributed by atoms with Gasteiger partial charge >= 0.3 is 18.3 Å². The lowest BCUT2D eigenvalue weighted by Crippen LogP contribution is -2.41. The number of aliphatic hydroxyl groups is 6. The number of carbonyl (C=O) groups is 3. The minimum absolute atomic E-state index is 0.00577. The van der Waals surface area contributed by atoms with Crippen molar-refractivity contribution in [1.29, 1.82) is 0 Å². The molecule has 3 saturated carbocycles. The lowest BCUT2D eigenvalue weighted by molar-refractivity contribution is 0.0114. The number of benzene rings is 6. The third-order valence-electron chi connectivity index (χ3n) is 22.6. The number of aromatic nitrogens is 3. The molecule has 24 heteroatoms. The van der Waals surface area contributed by atoms with E-state index in [4.69, 9.17) is 73.4 Å². The maximum Gasteiger partial charge on any atom is 0.410 e. The zero-order valence-electron chi connectivity index (χ0n) is 61.1. The number of aromatic amines is 3. The molecule has 108 heavy (non-hydrogen) atoms. The first-order valence-electron chi connectivity index (χ1n) is 38.2. The van der Waals surface area contributed by atoms with Gasteiger partial charge in [-0.1, -0.05) is 117 Å². The fourth-order valence-corrected chi connectivity index (χ4v) is 16.7. The van der Waals surface area contributed by atoms with Crippen LogP contribution in [0.4, 0.5) is 14.4 Å². The molecule has 21 nitrogen and oxygen atoms in total. The Hall–Kier alpha value is -8.22. The number of nitrogens with one attached hydrogen (secondary N) is 3. The quantitative estimate of drug-likeness (QED) is 0.0269. The predicted molar refractivity (Wildman–Crippen MR) is 415 cm³/mol. The summed E-state index contributed by atoms with van der Waals surface area (Å²) in [5, 5.41) is 61.9. The van der Waals surface area contributed by atoms with E-state index < -0.39 is 17.6 Å². The summed E-state index contributed by atoms with van der Waals surface area (Å²) >= 11 is 18.9. The normalized spacial score (nSPS) is 18.7. The van der Waals surface area contributed by atoms with E-state index in [0.717, 1.165) is 105 Å². The average molecular weight is 1540 g/mol. The summed E-state index contributed by atoms with van der Waals surface area (Å²) in [6.07, 6.45) is 14.0. The highest BCUT2D eigenvalue weighted by Gasteiger charge is 2.40. The highest BCUT2D eigenvalue weighted by molar-refractivity contribution is 6.32. The van der Waals surface area contributed by atoms with Crippen molar-refractivity contribution < 1.29 is 73.4 Å². The SMILES string of the molecule is CCC(CO)(CO)COc1ccc([C@H]2c3[nH]c4ccc(Cl)cc4c3CCN2C(=O)OCC2CCCC2)cc1.O=C(OCC1CCCC1)N1CCc2c([nH]c3ccc(Cl)cc23)[C@@H]1c1ccc(OC[C@@H](O)CO)cc1.O=C(OCC1CCCC1)N1CCc2c([nH]c3ccc(Cl)cc23)[C@@H]1c1ccc(OC[C@H](O)CO)cc1. The lowest BCUT2D eigenvalue weighted by atomic mass is 9.88. The summed E-state index contributed by atoms with van der Waals surface area (Å²) in [6, 6.07) is 39.1. The summed E-state index contributed by atoms with van der Waals surface area (Å²) in [4.78, 5) is 56.0. The summed E-state index contributed by atoms with van der Waals surface area (Å²) in [6.45, 7) is 4.19. The Balaban J connectivity index is 0.000000143. The van der Waals surface area contributed by atoms with E-state index in [2.05, 4.69) is 15.0 Å². The molecule has 3 amide bonds. The lowest BCUT2D eigenvalue weighted by Gasteiger charge is -2.35. The van der Waals surface area contributed by atoms with Crippen molar-refractivity contribution in [3.05, 3.63) is 193 Å². The van der Waals surface area contributed by atoms with E-state index in [-0.39, 0.29) is 82.7 Å². The Morgan fingerprint density at radius 1 is 0.444 bits per heavy atom. The number of nitrogens with zero attached hydrogens (tertiary/aromatic N) is 3. The van der Waals surface area contributed by atoms with Crippen LogP contribution in [0.1, 0.15) is 159 Å². The van der Waals surface area contributed by atoms with Crippen LogP contribution in [0.25, 0.3) is 32.7 Å². The molecule has 0 bridgehead atoms. The number of hydrogen-bond donors (Lipinski definition) is 9. The van der Waals surface area contributed by atoms with Crippen LogP contribution in [0.5, 0.6) is 17.2 Å². The molecule has 9 aromatic rings. The molecule has 5 atom stereocenters. The standard InChI is InChI=1S/C30H37ClN2O5.2C27H31ClN2O5/c1-2-30(17-34,18-35)19-38-23-10-7-21(8-11-23)28-27-24(25-15-22(31)9-12-26(25)32-27)13-14-33(28)29(36)37-16-20-5-3-4-6-20;2*28-19-7-10-24-23(13-19)22-11-12-30(27(33)35-15-17-3-1-2-4-17)26(25(22)29-24)18-5-8-21(9-6-18)34-16-20(32)14-31/h7-12,15,20,28,32,34-35H,2-6,13-14,16-19H2,1H3;2*5-10,13,17,20,26,29,31-32H,1-4,11-12,14-16H2/t28-;20-,26+;20-,26-/m010/s1. The molecule has 6 heterocycles. The second-order valence-corrected chi connectivity index (χ2v) is 31.1. The second kappa shape index (κ2) is 36.1. The number of ether oxygens (including phenoxy) is 6. The first-order chi connectivity index (χ1) is 52.5. The topological polar surface area (TPSA) is 285 Å². The molecule has 3 aliphatic heterocycles. The van der Waals surface area contributed by atoms with Gasteiger partial charge in [-0.2, -0.15) is 0 Å². The molecule has 3 aromatic heterocycles. The Morgan fingerprint density at radius 2 is 0.741 bits per heavy atom. The fourth-order valence-electron chi connectivity index (χ4n) is 16.2. The van der Waals surface area contributed by atoms with Crippen molar-refractivity contribution in [1.82, 2.24) is 29.7 Å². The van der Waals surface area contributed by atoms with E-state index in [9.17, 15) is 34.8 Å². The summed E-state index contributed by atoms with van der Waals surface area (Å²) in [7, 11) is 0. The first-order valence-corrected chi connectivity index (χ1v) is 39.3. The van der Waals surface area contributed by atoms with Crippen LogP contribution in [0.3, 0.4) is 0 Å². The van der Waals surface area contributed by atoms with Gasteiger partial charge in [-0.05, 0) is 206 Å². The third-order valence-corrected chi connectivity index (χ3v) is 23.3. The van der Waals surface area contributed by atoms with E-state index in [0.29, 0.717) is 115 Å². The van der Waals surface area contributed by atoms with E-state index in [1.165, 1.54) is 55.2 Å². The van der Waals surface area contributed by atoms with Crippen molar-refractivity contribution in [2.45, 2.75) is 140 Å². The zero-order valence-corrected chi connectivity index (χ0v) is 63.4. The summed E-state index contributed by atoms with van der Waals surface area (Å²) < 4.78 is 34.5. The number of carbonyl (C=O) groups excluding carboxylic acids is 3. The average Bonchev–Trinajstić information content (AvgIpc) is 1.61. The van der Waals surface area contributed by atoms with Gasteiger partial charge < -0.3 is 74.0 Å². The molecule has 0 spiro atoms. The molecule has 576 valence electrons. The minimum atomic E-state index is -0.932. The van der Waals surface area contributed by atoms with Crippen molar-refractivity contribution in [2.24, 2.45) is 23.2 Å². The molecule has 3 aliphatic carbocycles. The van der Waals surface area contributed by atoms with E-state index >= 15 is 0 Å². The summed E-state index contributed by atoms with van der Waals surface area (Å²) in [5.41, 5.74) is 11.5. The van der Waals surface area contributed by atoms with Gasteiger partial charge in [0, 0.05) is 84.5 Å². The maximum atomic E-state index is 13.4. The molecule has 15 rings (SSSR count). The van der Waals surface area contributed by atoms with Gasteiger partial charge in [0.1, 0.15) is 60.8 Å². The summed E-state index contributed by atoms with van der Waals surface area (Å²) in [5.74, 6) is 3.17. The smallest absolute Gasteiger partial charge is 0.410 e. The number of H-pyrrole nitrogens is 3. The molecule has 0 radical (unpaired) electrons. The van der Waals surface area contributed by atoms with Crippen molar-refractivity contribution >= 4 is 85.8 Å². The molecule has 3 fully saturated rings. The number of halogens is 3. The Kier molecular flexibility index (Phi) is 26.0. The van der Waals surface area contributed by atoms with Gasteiger partial charge in [0.25, 0.3) is 0 Å². The van der Waals surface area contributed by atoms with Gasteiger partial charge in [0.05, 0.1) is 58.3 Å². The molecular formula is C84H99Cl3N6O15. The van der Waals surface area contributed by atoms with Crippen LogP contribution in [-0.4, -0.2) is 176 Å². The van der Waals surface area contributed by atoms with Crippen LogP contribution in [-0.2, 0) is 33.5 Å². The fraction of sp³-hybridized carbons (Fsp3) is 0.464. The van der Waals surface area contributed by atoms with Crippen LogP contribution in [0.2, 0.25) is 15.1 Å². The predicted octanol–water partition coefficient (Wildman–Crippen LogP) is 15.5. The molecule has 6 aromatic carbocycles. The van der Waals surface area contributed by atoms with Crippen LogP contribution >= 0.6 is 34.8 Å². The highest BCUT2D eigenvalue weighted by Crippen LogP contribution is 2.45. The first kappa shape index (κ1) is 77.9. The number of fused-ring (bicyclic) bond motifs is 9. The maximum absolute atomic E-state index is 13.4. The van der Waals surface area contributed by atoms with Gasteiger partial charge in [-0.3, -0.25) is 14.7 Å². The molecular weight excluding hydrogens is 1440 g/mol. The second-order valence-electron chi connectivity index (χ2n) is 29.8. The van der Waals surface area contributed by atoms with Crippen LogP contribution in [0, 0.1) is 23.2 Å².